The molecule has 1 aromatic carbocycles. The van der Waals surface area contributed by atoms with Gasteiger partial charge in [-0.2, -0.15) is 0 Å². The van der Waals surface area contributed by atoms with Crippen LogP contribution >= 0.6 is 0 Å². The van der Waals surface area contributed by atoms with Gasteiger partial charge in [-0.3, -0.25) is 10.1 Å². The lowest BCUT2D eigenvalue weighted by Gasteiger charge is -2.11. The van der Waals surface area contributed by atoms with Gasteiger partial charge in [0.2, 0.25) is 0 Å². The fourth-order valence-electron chi connectivity index (χ4n) is 2.29. The third kappa shape index (κ3) is 5.62. The van der Waals surface area contributed by atoms with Crippen molar-refractivity contribution in [2.75, 3.05) is 18.4 Å². The van der Waals surface area contributed by atoms with Crippen LogP contribution in [0.2, 0.25) is 0 Å². The molecule has 138 valence electrons. The molecule has 0 saturated heterocycles. The van der Waals surface area contributed by atoms with E-state index >= 15 is 0 Å². The zero-order valence-electron chi connectivity index (χ0n) is 14.3. The van der Waals surface area contributed by atoms with Crippen LogP contribution < -0.4 is 15.4 Å². The number of anilines is 1. The minimum Gasteiger partial charge on any atom is -0.465 e. The van der Waals surface area contributed by atoms with Gasteiger partial charge >= 0.3 is 17.7 Å². The van der Waals surface area contributed by atoms with Crippen molar-refractivity contribution < 1.29 is 19.6 Å². The fourth-order valence-corrected chi connectivity index (χ4v) is 2.29. The van der Waals surface area contributed by atoms with E-state index in [2.05, 4.69) is 15.6 Å². The zero-order valence-corrected chi connectivity index (χ0v) is 14.3. The molecular formula is C17H20N4O5. The highest BCUT2D eigenvalue weighted by Crippen LogP contribution is 2.36. The average Bonchev–Trinajstić information content (AvgIpc) is 2.58. The Morgan fingerprint density at radius 3 is 2.62 bits per heavy atom. The molecule has 26 heavy (non-hydrogen) atoms. The Morgan fingerprint density at radius 2 is 1.96 bits per heavy atom. The normalized spacial score (nSPS) is 10.2. The smallest absolute Gasteiger partial charge is 0.404 e. The summed E-state index contributed by atoms with van der Waals surface area (Å²) < 4.78 is 5.60. The maximum absolute atomic E-state index is 11.5. The van der Waals surface area contributed by atoms with Gasteiger partial charge in [0.1, 0.15) is 11.4 Å². The average molecular weight is 360 g/mol. The zero-order chi connectivity index (χ0) is 18.9. The van der Waals surface area contributed by atoms with Gasteiger partial charge in [-0.25, -0.2) is 9.78 Å². The van der Waals surface area contributed by atoms with Crippen molar-refractivity contribution in [3.63, 3.8) is 0 Å². The van der Waals surface area contributed by atoms with Crippen LogP contribution in [0.25, 0.3) is 0 Å². The van der Waals surface area contributed by atoms with Gasteiger partial charge in [0.25, 0.3) is 0 Å². The van der Waals surface area contributed by atoms with E-state index in [-0.39, 0.29) is 11.6 Å². The first-order chi connectivity index (χ1) is 12.5. The van der Waals surface area contributed by atoms with Gasteiger partial charge in [0.15, 0.2) is 0 Å². The number of ether oxygens (including phenoxy) is 1. The van der Waals surface area contributed by atoms with Crippen molar-refractivity contribution in [2.45, 2.75) is 19.8 Å². The number of amides is 1. The molecule has 1 heterocycles. The molecule has 0 unspecified atom stereocenters. The number of benzene rings is 1. The summed E-state index contributed by atoms with van der Waals surface area (Å²) in [4.78, 5) is 25.5. The summed E-state index contributed by atoms with van der Waals surface area (Å²) in [6.45, 7) is 2.51. The topological polar surface area (TPSA) is 127 Å². The van der Waals surface area contributed by atoms with E-state index in [1.807, 2.05) is 6.07 Å². The second-order valence-electron chi connectivity index (χ2n) is 5.50. The van der Waals surface area contributed by atoms with Crippen molar-refractivity contribution in [1.29, 1.82) is 0 Å². The van der Waals surface area contributed by atoms with Crippen molar-refractivity contribution in [2.24, 2.45) is 0 Å². The number of hydrogen-bond acceptors (Lipinski definition) is 6. The standard InChI is InChI=1S/C17H20N4O5/c1-12-11-14(18-9-5-6-10-19-17(22)23)15(21(24)25)16(20-12)26-13-7-3-2-4-8-13/h2-4,7-8,11,19H,5-6,9-10H2,1H3,(H,18,20)(H,22,23). The predicted octanol–water partition coefficient (Wildman–Crippen LogP) is 3.55. The van der Waals surface area contributed by atoms with E-state index in [9.17, 15) is 14.9 Å². The number of aryl methyl sites for hydroxylation is 1. The third-order valence-corrected chi connectivity index (χ3v) is 3.42. The Bertz CT molecular complexity index is 767. The first-order valence-electron chi connectivity index (χ1n) is 8.07. The first kappa shape index (κ1) is 19.0. The largest absolute Gasteiger partial charge is 0.465 e. The Morgan fingerprint density at radius 1 is 1.27 bits per heavy atom. The highest BCUT2D eigenvalue weighted by molar-refractivity contribution is 5.67. The van der Waals surface area contributed by atoms with Crippen LogP contribution in [-0.4, -0.2) is 34.2 Å². The number of unbranched alkanes of at least 4 members (excludes halogenated alkanes) is 1. The molecule has 0 fully saturated rings. The maximum Gasteiger partial charge on any atom is 0.404 e. The van der Waals surface area contributed by atoms with Gasteiger partial charge in [-0.05, 0) is 38.0 Å². The number of nitrogens with one attached hydrogen (secondary N) is 2. The molecule has 2 aromatic rings. The monoisotopic (exact) mass is 360 g/mol. The number of aromatic nitrogens is 1. The SMILES string of the molecule is Cc1cc(NCCCCNC(=O)O)c([N+](=O)[O-])c(Oc2ccccc2)n1. The number of hydrogen-bond donors (Lipinski definition) is 3. The van der Waals surface area contributed by atoms with Crippen molar-refractivity contribution >= 4 is 17.5 Å². The van der Waals surface area contributed by atoms with Crippen LogP contribution in [0.5, 0.6) is 11.6 Å². The molecule has 0 aliphatic rings. The van der Waals surface area contributed by atoms with Gasteiger partial charge < -0.3 is 20.5 Å². The minimum absolute atomic E-state index is 0.0729. The quantitative estimate of drug-likeness (QED) is 0.354. The second kappa shape index (κ2) is 9.21. The molecular weight excluding hydrogens is 340 g/mol. The summed E-state index contributed by atoms with van der Waals surface area (Å²) in [7, 11) is 0. The Hall–Kier alpha value is -3.36. The molecule has 3 N–H and O–H groups in total. The van der Waals surface area contributed by atoms with Crippen LogP contribution in [-0.2, 0) is 0 Å². The highest BCUT2D eigenvalue weighted by Gasteiger charge is 2.24. The number of nitrogens with zero attached hydrogens (tertiary/aromatic N) is 2. The third-order valence-electron chi connectivity index (χ3n) is 3.42. The predicted molar refractivity (Wildman–Crippen MR) is 95.9 cm³/mol. The minimum atomic E-state index is -1.07. The lowest BCUT2D eigenvalue weighted by Crippen LogP contribution is -2.22. The van der Waals surface area contributed by atoms with Gasteiger partial charge in [0, 0.05) is 18.8 Å². The summed E-state index contributed by atoms with van der Waals surface area (Å²) in [5.74, 6) is 0.385. The molecule has 2 rings (SSSR count). The molecule has 0 spiro atoms. The molecule has 0 aliphatic heterocycles. The number of para-hydroxylation sites is 1. The lowest BCUT2D eigenvalue weighted by atomic mass is 10.2. The molecule has 0 radical (unpaired) electrons. The number of pyridine rings is 1. The molecule has 0 bridgehead atoms. The Kier molecular flexibility index (Phi) is 6.72. The van der Waals surface area contributed by atoms with Crippen molar-refractivity contribution in [3.05, 3.63) is 52.2 Å². The summed E-state index contributed by atoms with van der Waals surface area (Å²) >= 11 is 0. The van der Waals surface area contributed by atoms with E-state index < -0.39 is 11.0 Å². The van der Waals surface area contributed by atoms with Gasteiger partial charge in [-0.1, -0.05) is 18.2 Å². The molecule has 1 amide bonds. The van der Waals surface area contributed by atoms with E-state index in [4.69, 9.17) is 9.84 Å². The van der Waals surface area contributed by atoms with Crippen molar-refractivity contribution in [3.8, 4) is 11.6 Å². The maximum atomic E-state index is 11.5. The van der Waals surface area contributed by atoms with E-state index in [0.29, 0.717) is 43.1 Å². The Balaban J connectivity index is 2.10. The van der Waals surface area contributed by atoms with E-state index in [1.165, 1.54) is 0 Å². The van der Waals surface area contributed by atoms with Crippen LogP contribution in [0.3, 0.4) is 0 Å². The van der Waals surface area contributed by atoms with Crippen LogP contribution in [0.4, 0.5) is 16.2 Å². The summed E-state index contributed by atoms with van der Waals surface area (Å²) in [6, 6.07) is 10.3. The summed E-state index contributed by atoms with van der Waals surface area (Å²) in [5.41, 5.74) is 0.666. The van der Waals surface area contributed by atoms with Crippen molar-refractivity contribution in [1.82, 2.24) is 10.3 Å². The number of carbonyl (C=O) groups is 1. The van der Waals surface area contributed by atoms with Gasteiger partial charge in [0.05, 0.1) is 4.92 Å². The van der Waals surface area contributed by atoms with Crippen LogP contribution in [0.15, 0.2) is 36.4 Å². The fraction of sp³-hybridized carbons (Fsp3) is 0.294. The summed E-state index contributed by atoms with van der Waals surface area (Å²) in [5, 5.41) is 25.3. The summed E-state index contributed by atoms with van der Waals surface area (Å²) in [6.07, 6.45) is 0.194. The molecule has 1 aromatic heterocycles. The molecule has 9 heteroatoms. The second-order valence-corrected chi connectivity index (χ2v) is 5.50. The number of nitro groups is 1. The van der Waals surface area contributed by atoms with Crippen LogP contribution in [0, 0.1) is 17.0 Å². The molecule has 0 atom stereocenters. The number of rotatable bonds is 9. The van der Waals surface area contributed by atoms with Gasteiger partial charge in [-0.15, -0.1) is 0 Å². The Labute approximate surface area is 150 Å². The van der Waals surface area contributed by atoms with Crippen LogP contribution in [0.1, 0.15) is 18.5 Å². The lowest BCUT2D eigenvalue weighted by molar-refractivity contribution is -0.385. The van der Waals surface area contributed by atoms with E-state index in [0.717, 1.165) is 0 Å². The highest BCUT2D eigenvalue weighted by atomic mass is 16.6. The molecule has 9 nitrogen and oxygen atoms in total. The van der Waals surface area contributed by atoms with E-state index in [1.54, 1.807) is 37.3 Å². The first-order valence-corrected chi connectivity index (χ1v) is 8.07. The molecule has 0 aliphatic carbocycles. The number of carboxylic acid groups (broad SMARTS) is 1. The molecule has 0 saturated carbocycles.